The predicted molar refractivity (Wildman–Crippen MR) is 82.7 cm³/mol. The van der Waals surface area contributed by atoms with Crippen LogP contribution in [0.2, 0.25) is 0 Å². The van der Waals surface area contributed by atoms with Crippen molar-refractivity contribution in [3.8, 4) is 11.8 Å². The maximum atomic E-state index is 12.0. The van der Waals surface area contributed by atoms with Gasteiger partial charge in [0.1, 0.15) is 0 Å². The largest absolute Gasteiger partial charge is 0.356 e. The number of benzene rings is 1. The fraction of sp³-hybridized carbons (Fsp3) is 0.375. The number of hydrogen-bond donors (Lipinski definition) is 3. The Hall–Kier alpha value is -2.32. The number of aryl methyl sites for hydroxylation is 1. The van der Waals surface area contributed by atoms with Gasteiger partial charge in [-0.25, -0.2) is 0 Å². The van der Waals surface area contributed by atoms with Crippen LogP contribution < -0.4 is 16.4 Å². The normalized spacial score (nSPS) is 9.48. The van der Waals surface area contributed by atoms with Crippen molar-refractivity contribution in [2.45, 2.75) is 20.3 Å². The van der Waals surface area contributed by atoms with E-state index in [0.717, 1.165) is 11.1 Å². The first kappa shape index (κ1) is 16.7. The van der Waals surface area contributed by atoms with Crippen LogP contribution in [-0.2, 0) is 4.79 Å². The Bertz CT molecular complexity index is 571. The van der Waals surface area contributed by atoms with Crippen molar-refractivity contribution >= 4 is 11.8 Å². The number of carbonyl (C=O) groups is 2. The third-order valence-electron chi connectivity index (χ3n) is 2.69. The molecule has 1 aromatic carbocycles. The van der Waals surface area contributed by atoms with Gasteiger partial charge in [0, 0.05) is 30.6 Å². The Morgan fingerprint density at radius 3 is 2.67 bits per heavy atom. The monoisotopic (exact) mass is 287 g/mol. The van der Waals surface area contributed by atoms with Gasteiger partial charge in [0.05, 0.1) is 6.54 Å². The van der Waals surface area contributed by atoms with Crippen LogP contribution in [0.4, 0.5) is 0 Å². The van der Waals surface area contributed by atoms with E-state index in [2.05, 4.69) is 22.5 Å². The van der Waals surface area contributed by atoms with Gasteiger partial charge in [0.2, 0.25) is 5.91 Å². The molecular formula is C16H21N3O2. The number of nitrogens with two attached hydrogens (primary N) is 1. The van der Waals surface area contributed by atoms with Gasteiger partial charge >= 0.3 is 0 Å². The molecule has 0 atom stereocenters. The Balaban J connectivity index is 2.65. The number of carbonyl (C=O) groups excluding carboxylic acids is 2. The zero-order chi connectivity index (χ0) is 15.7. The molecule has 0 aromatic heterocycles. The smallest absolute Gasteiger partial charge is 0.251 e. The van der Waals surface area contributed by atoms with E-state index < -0.39 is 0 Å². The molecule has 0 radical (unpaired) electrons. The SMILES string of the molecule is CCNC(=O)CCNC(=O)c1cc(C)cc(C#CCN)c1. The second-order valence-corrected chi connectivity index (χ2v) is 4.55. The first-order chi connectivity index (χ1) is 10.1. The lowest BCUT2D eigenvalue weighted by Gasteiger charge is -2.07. The van der Waals surface area contributed by atoms with Crippen LogP contribution in [-0.4, -0.2) is 31.4 Å². The second-order valence-electron chi connectivity index (χ2n) is 4.55. The molecule has 0 heterocycles. The van der Waals surface area contributed by atoms with E-state index >= 15 is 0 Å². The zero-order valence-electron chi connectivity index (χ0n) is 12.5. The van der Waals surface area contributed by atoms with E-state index in [1.54, 1.807) is 12.1 Å². The summed E-state index contributed by atoms with van der Waals surface area (Å²) in [6.07, 6.45) is 0.269. The van der Waals surface area contributed by atoms with E-state index in [-0.39, 0.29) is 24.8 Å². The Morgan fingerprint density at radius 1 is 1.24 bits per heavy atom. The summed E-state index contributed by atoms with van der Waals surface area (Å²) >= 11 is 0. The summed E-state index contributed by atoms with van der Waals surface area (Å²) in [6, 6.07) is 5.40. The number of nitrogens with one attached hydrogen (secondary N) is 2. The van der Waals surface area contributed by atoms with Crippen LogP contribution in [0.5, 0.6) is 0 Å². The molecule has 0 saturated heterocycles. The van der Waals surface area contributed by atoms with Crippen molar-refractivity contribution < 1.29 is 9.59 Å². The molecule has 0 bridgehead atoms. The highest BCUT2D eigenvalue weighted by molar-refractivity contribution is 5.95. The Labute approximate surface area is 125 Å². The van der Waals surface area contributed by atoms with Crippen molar-refractivity contribution in [3.63, 3.8) is 0 Å². The van der Waals surface area contributed by atoms with Gasteiger partial charge in [-0.05, 0) is 37.6 Å². The molecule has 0 unspecified atom stereocenters. The molecule has 0 fully saturated rings. The molecule has 2 amide bonds. The quantitative estimate of drug-likeness (QED) is 0.692. The van der Waals surface area contributed by atoms with Crippen LogP contribution in [0.15, 0.2) is 18.2 Å². The standard InChI is InChI=1S/C16H21N3O2/c1-3-18-15(20)6-8-19-16(21)14-10-12(2)9-13(11-14)5-4-7-17/h9-11H,3,6-8,17H2,1-2H3,(H,18,20)(H,19,21). The van der Waals surface area contributed by atoms with Gasteiger partial charge in [-0.1, -0.05) is 11.8 Å². The third-order valence-corrected chi connectivity index (χ3v) is 2.69. The summed E-state index contributed by atoms with van der Waals surface area (Å²) in [7, 11) is 0. The Kier molecular flexibility index (Phi) is 6.99. The molecule has 1 aromatic rings. The maximum Gasteiger partial charge on any atom is 0.251 e. The first-order valence-corrected chi connectivity index (χ1v) is 6.92. The van der Waals surface area contributed by atoms with E-state index in [0.29, 0.717) is 18.7 Å². The van der Waals surface area contributed by atoms with Crippen molar-refractivity contribution in [2.24, 2.45) is 5.73 Å². The highest BCUT2D eigenvalue weighted by atomic mass is 16.2. The fourth-order valence-corrected chi connectivity index (χ4v) is 1.82. The first-order valence-electron chi connectivity index (χ1n) is 6.92. The predicted octanol–water partition coefficient (Wildman–Crippen LogP) is 0.561. The van der Waals surface area contributed by atoms with Crippen LogP contribution in [0, 0.1) is 18.8 Å². The van der Waals surface area contributed by atoms with Gasteiger partial charge in [-0.2, -0.15) is 0 Å². The molecule has 0 aliphatic rings. The molecule has 112 valence electrons. The summed E-state index contributed by atoms with van der Waals surface area (Å²) in [5.41, 5.74) is 7.58. The summed E-state index contributed by atoms with van der Waals surface area (Å²) < 4.78 is 0. The zero-order valence-corrected chi connectivity index (χ0v) is 12.5. The lowest BCUT2D eigenvalue weighted by atomic mass is 10.1. The topological polar surface area (TPSA) is 84.2 Å². The van der Waals surface area contributed by atoms with E-state index in [1.165, 1.54) is 0 Å². The molecule has 0 spiro atoms. The van der Waals surface area contributed by atoms with Crippen LogP contribution in [0.1, 0.15) is 34.8 Å². The van der Waals surface area contributed by atoms with E-state index in [9.17, 15) is 9.59 Å². The summed E-state index contributed by atoms with van der Waals surface area (Å²) in [5, 5.41) is 5.41. The van der Waals surface area contributed by atoms with Gasteiger partial charge in [0.25, 0.3) is 5.91 Å². The summed E-state index contributed by atoms with van der Waals surface area (Å²) in [5.74, 6) is 5.39. The van der Waals surface area contributed by atoms with Crippen molar-refractivity contribution in [1.29, 1.82) is 0 Å². The van der Waals surface area contributed by atoms with E-state index in [4.69, 9.17) is 5.73 Å². The average molecular weight is 287 g/mol. The molecule has 0 saturated carbocycles. The lowest BCUT2D eigenvalue weighted by Crippen LogP contribution is -2.30. The van der Waals surface area contributed by atoms with Crippen LogP contribution >= 0.6 is 0 Å². The minimum absolute atomic E-state index is 0.0726. The third kappa shape index (κ3) is 6.11. The maximum absolute atomic E-state index is 12.0. The van der Waals surface area contributed by atoms with Gasteiger partial charge < -0.3 is 16.4 Å². The number of hydrogen-bond acceptors (Lipinski definition) is 3. The van der Waals surface area contributed by atoms with Crippen molar-refractivity contribution in [1.82, 2.24) is 10.6 Å². The minimum atomic E-state index is -0.209. The fourth-order valence-electron chi connectivity index (χ4n) is 1.82. The number of rotatable bonds is 5. The van der Waals surface area contributed by atoms with Crippen molar-refractivity contribution in [3.05, 3.63) is 34.9 Å². The molecule has 4 N–H and O–H groups in total. The molecule has 5 heteroatoms. The summed E-state index contributed by atoms with van der Waals surface area (Å²) in [6.45, 7) is 4.94. The molecule has 0 aliphatic heterocycles. The highest BCUT2D eigenvalue weighted by Gasteiger charge is 2.07. The molecule has 5 nitrogen and oxygen atoms in total. The molecule has 0 aliphatic carbocycles. The Morgan fingerprint density at radius 2 is 2.00 bits per heavy atom. The average Bonchev–Trinajstić information content (AvgIpc) is 2.44. The van der Waals surface area contributed by atoms with Crippen LogP contribution in [0.3, 0.4) is 0 Å². The minimum Gasteiger partial charge on any atom is -0.356 e. The summed E-state index contributed by atoms with van der Waals surface area (Å²) in [4.78, 5) is 23.3. The van der Waals surface area contributed by atoms with E-state index in [1.807, 2.05) is 19.9 Å². The van der Waals surface area contributed by atoms with Crippen LogP contribution in [0.25, 0.3) is 0 Å². The molecule has 1 rings (SSSR count). The second kappa shape index (κ2) is 8.77. The van der Waals surface area contributed by atoms with Gasteiger partial charge in [-0.3, -0.25) is 9.59 Å². The molecular weight excluding hydrogens is 266 g/mol. The van der Waals surface area contributed by atoms with Crippen molar-refractivity contribution in [2.75, 3.05) is 19.6 Å². The van der Waals surface area contributed by atoms with Gasteiger partial charge in [0.15, 0.2) is 0 Å². The highest BCUT2D eigenvalue weighted by Crippen LogP contribution is 2.09. The molecule has 21 heavy (non-hydrogen) atoms. The van der Waals surface area contributed by atoms with Gasteiger partial charge in [-0.15, -0.1) is 0 Å². The number of amides is 2. The lowest BCUT2D eigenvalue weighted by molar-refractivity contribution is -0.120.